The van der Waals surface area contributed by atoms with E-state index in [0.717, 1.165) is 5.56 Å². The van der Waals surface area contributed by atoms with Gasteiger partial charge in [0.1, 0.15) is 0 Å². The SMILES string of the molecule is OCC(O)CNCc1cccc(C(F)F)c1. The van der Waals surface area contributed by atoms with Crippen LogP contribution in [0, 0.1) is 0 Å². The lowest BCUT2D eigenvalue weighted by molar-refractivity contribution is 0.0942. The Kier molecular flexibility index (Phi) is 5.31. The number of halogens is 2. The van der Waals surface area contributed by atoms with Crippen molar-refractivity contribution in [2.75, 3.05) is 13.2 Å². The van der Waals surface area contributed by atoms with Crippen LogP contribution in [0.3, 0.4) is 0 Å². The van der Waals surface area contributed by atoms with Crippen molar-refractivity contribution < 1.29 is 19.0 Å². The molecule has 0 aliphatic rings. The lowest BCUT2D eigenvalue weighted by Crippen LogP contribution is -2.28. The van der Waals surface area contributed by atoms with Gasteiger partial charge in [0.25, 0.3) is 6.43 Å². The molecule has 0 saturated carbocycles. The average Bonchev–Trinajstić information content (AvgIpc) is 2.29. The van der Waals surface area contributed by atoms with Gasteiger partial charge in [-0.3, -0.25) is 0 Å². The first-order valence-corrected chi connectivity index (χ1v) is 5.00. The highest BCUT2D eigenvalue weighted by molar-refractivity contribution is 5.24. The number of benzene rings is 1. The third-order valence-corrected chi connectivity index (χ3v) is 2.12. The number of nitrogens with one attached hydrogen (secondary N) is 1. The van der Waals surface area contributed by atoms with E-state index in [2.05, 4.69) is 5.32 Å². The van der Waals surface area contributed by atoms with E-state index in [1.54, 1.807) is 12.1 Å². The molecule has 1 aromatic carbocycles. The van der Waals surface area contributed by atoms with E-state index < -0.39 is 12.5 Å². The second-order valence-electron chi connectivity index (χ2n) is 3.51. The standard InChI is InChI=1S/C11H15F2NO2/c12-11(13)9-3-1-2-8(4-9)5-14-6-10(16)7-15/h1-4,10-11,14-16H,5-7H2. The zero-order valence-electron chi connectivity index (χ0n) is 8.74. The van der Waals surface area contributed by atoms with Crippen LogP contribution in [0.5, 0.6) is 0 Å². The fourth-order valence-electron chi connectivity index (χ4n) is 1.29. The fraction of sp³-hybridized carbons (Fsp3) is 0.455. The molecule has 1 aromatic rings. The van der Waals surface area contributed by atoms with Crippen LogP contribution in [0.4, 0.5) is 8.78 Å². The van der Waals surface area contributed by atoms with E-state index in [1.807, 2.05) is 0 Å². The number of hydrogen-bond acceptors (Lipinski definition) is 3. The van der Waals surface area contributed by atoms with Crippen molar-refractivity contribution in [1.82, 2.24) is 5.32 Å². The third-order valence-electron chi connectivity index (χ3n) is 2.12. The zero-order valence-corrected chi connectivity index (χ0v) is 8.74. The third kappa shape index (κ3) is 4.22. The van der Waals surface area contributed by atoms with Crippen LogP contribution in [0.2, 0.25) is 0 Å². The first kappa shape index (κ1) is 13.0. The van der Waals surface area contributed by atoms with Gasteiger partial charge in [-0.1, -0.05) is 18.2 Å². The van der Waals surface area contributed by atoms with Crippen LogP contribution in [0.1, 0.15) is 17.6 Å². The predicted octanol–water partition coefficient (Wildman–Crippen LogP) is 1.07. The topological polar surface area (TPSA) is 52.5 Å². The Morgan fingerprint density at radius 1 is 1.31 bits per heavy atom. The molecule has 90 valence electrons. The predicted molar refractivity (Wildman–Crippen MR) is 56.2 cm³/mol. The average molecular weight is 231 g/mol. The molecule has 5 heteroatoms. The van der Waals surface area contributed by atoms with Gasteiger partial charge in [0.2, 0.25) is 0 Å². The van der Waals surface area contributed by atoms with Crippen LogP contribution in [0.15, 0.2) is 24.3 Å². The normalized spacial score (nSPS) is 13.1. The largest absolute Gasteiger partial charge is 0.394 e. The van der Waals surface area contributed by atoms with E-state index in [-0.39, 0.29) is 18.7 Å². The van der Waals surface area contributed by atoms with Crippen molar-refractivity contribution in [2.24, 2.45) is 0 Å². The van der Waals surface area contributed by atoms with Gasteiger partial charge < -0.3 is 15.5 Å². The van der Waals surface area contributed by atoms with Crippen molar-refractivity contribution in [1.29, 1.82) is 0 Å². The fourth-order valence-corrected chi connectivity index (χ4v) is 1.29. The Morgan fingerprint density at radius 2 is 2.06 bits per heavy atom. The molecule has 0 spiro atoms. The summed E-state index contributed by atoms with van der Waals surface area (Å²) < 4.78 is 24.7. The Labute approximate surface area is 92.7 Å². The summed E-state index contributed by atoms with van der Waals surface area (Å²) in [5.74, 6) is 0. The molecule has 1 unspecified atom stereocenters. The van der Waals surface area contributed by atoms with Gasteiger partial charge in [0.15, 0.2) is 0 Å². The number of hydrogen-bond donors (Lipinski definition) is 3. The van der Waals surface area contributed by atoms with E-state index in [0.29, 0.717) is 6.54 Å². The summed E-state index contributed by atoms with van der Waals surface area (Å²) in [4.78, 5) is 0. The van der Waals surface area contributed by atoms with Crippen LogP contribution in [-0.2, 0) is 6.54 Å². The maximum atomic E-state index is 12.4. The molecule has 0 fully saturated rings. The number of alkyl halides is 2. The highest BCUT2D eigenvalue weighted by Crippen LogP contribution is 2.19. The van der Waals surface area contributed by atoms with Crippen LogP contribution in [-0.4, -0.2) is 29.5 Å². The molecule has 1 atom stereocenters. The van der Waals surface area contributed by atoms with E-state index >= 15 is 0 Å². The first-order valence-electron chi connectivity index (χ1n) is 5.00. The molecule has 0 radical (unpaired) electrons. The minimum Gasteiger partial charge on any atom is -0.394 e. The van der Waals surface area contributed by atoms with E-state index in [4.69, 9.17) is 10.2 Å². The highest BCUT2D eigenvalue weighted by Gasteiger charge is 2.07. The van der Waals surface area contributed by atoms with E-state index in [1.165, 1.54) is 12.1 Å². The summed E-state index contributed by atoms with van der Waals surface area (Å²) in [6, 6.07) is 6.09. The summed E-state index contributed by atoms with van der Waals surface area (Å²) in [5, 5.41) is 20.5. The molecule has 0 aliphatic heterocycles. The molecule has 0 saturated heterocycles. The smallest absolute Gasteiger partial charge is 0.263 e. The first-order chi connectivity index (χ1) is 7.63. The maximum Gasteiger partial charge on any atom is 0.263 e. The molecular weight excluding hydrogens is 216 g/mol. The Morgan fingerprint density at radius 3 is 2.69 bits per heavy atom. The van der Waals surface area contributed by atoms with Gasteiger partial charge in [-0.15, -0.1) is 0 Å². The number of rotatable bonds is 6. The molecule has 0 aromatic heterocycles. The Bertz CT molecular complexity index is 321. The molecule has 3 nitrogen and oxygen atoms in total. The lowest BCUT2D eigenvalue weighted by atomic mass is 10.1. The summed E-state index contributed by atoms with van der Waals surface area (Å²) in [6.07, 6.45) is -3.29. The van der Waals surface area contributed by atoms with Gasteiger partial charge in [0.05, 0.1) is 12.7 Å². The Hall–Kier alpha value is -1.04. The lowest BCUT2D eigenvalue weighted by Gasteiger charge is -2.09. The number of aliphatic hydroxyl groups is 2. The number of aliphatic hydroxyl groups excluding tert-OH is 2. The molecule has 0 bridgehead atoms. The van der Waals surface area contributed by atoms with Gasteiger partial charge >= 0.3 is 0 Å². The van der Waals surface area contributed by atoms with Gasteiger partial charge in [-0.2, -0.15) is 0 Å². The minimum absolute atomic E-state index is 0.0120. The molecule has 0 aliphatic carbocycles. The van der Waals surface area contributed by atoms with Crippen molar-refractivity contribution in [3.05, 3.63) is 35.4 Å². The van der Waals surface area contributed by atoms with Crippen molar-refractivity contribution in [3.8, 4) is 0 Å². The van der Waals surface area contributed by atoms with E-state index in [9.17, 15) is 8.78 Å². The monoisotopic (exact) mass is 231 g/mol. The second-order valence-corrected chi connectivity index (χ2v) is 3.51. The molecule has 16 heavy (non-hydrogen) atoms. The van der Waals surface area contributed by atoms with Gasteiger partial charge in [-0.25, -0.2) is 8.78 Å². The van der Waals surface area contributed by atoms with Crippen LogP contribution < -0.4 is 5.32 Å². The van der Waals surface area contributed by atoms with Crippen molar-refractivity contribution >= 4 is 0 Å². The summed E-state index contributed by atoms with van der Waals surface area (Å²) >= 11 is 0. The zero-order chi connectivity index (χ0) is 12.0. The minimum atomic E-state index is -2.47. The summed E-state index contributed by atoms with van der Waals surface area (Å²) in [5.41, 5.74) is 0.713. The van der Waals surface area contributed by atoms with Crippen molar-refractivity contribution in [2.45, 2.75) is 19.1 Å². The van der Waals surface area contributed by atoms with Crippen molar-refractivity contribution in [3.63, 3.8) is 0 Å². The van der Waals surface area contributed by atoms with Gasteiger partial charge in [0, 0.05) is 18.7 Å². The second kappa shape index (κ2) is 6.52. The van der Waals surface area contributed by atoms with Crippen LogP contribution in [0.25, 0.3) is 0 Å². The highest BCUT2D eigenvalue weighted by atomic mass is 19.3. The molecule has 0 amide bonds. The van der Waals surface area contributed by atoms with Crippen LogP contribution >= 0.6 is 0 Å². The van der Waals surface area contributed by atoms with Gasteiger partial charge in [-0.05, 0) is 11.6 Å². The maximum absolute atomic E-state index is 12.4. The quantitative estimate of drug-likeness (QED) is 0.686. The summed E-state index contributed by atoms with van der Waals surface area (Å²) in [7, 11) is 0. The Balaban J connectivity index is 2.45. The molecule has 3 N–H and O–H groups in total. The molecule has 1 rings (SSSR count). The molecule has 0 heterocycles. The summed E-state index contributed by atoms with van der Waals surface area (Å²) in [6.45, 7) is 0.303. The molecular formula is C11H15F2NO2.